The minimum atomic E-state index is -0.527. The van der Waals surface area contributed by atoms with E-state index in [2.05, 4.69) is 0 Å². The largest absolute Gasteiger partial charge is 0.508 e. The quantitative estimate of drug-likeness (QED) is 0.833. The molecule has 5 nitrogen and oxygen atoms in total. The SMILES string of the molecule is COCC1CCN(C(=O)[C@H](N)Cc2ccc(O)cc2)C1. The molecule has 1 fully saturated rings. The van der Waals surface area contributed by atoms with Gasteiger partial charge in [0, 0.05) is 26.1 Å². The van der Waals surface area contributed by atoms with Crippen molar-refractivity contribution >= 4 is 5.91 Å². The topological polar surface area (TPSA) is 75.8 Å². The van der Waals surface area contributed by atoms with Crippen molar-refractivity contribution in [2.75, 3.05) is 26.8 Å². The van der Waals surface area contributed by atoms with Crippen LogP contribution >= 0.6 is 0 Å². The standard InChI is InChI=1S/C15H22N2O3/c1-20-10-12-6-7-17(9-12)15(19)14(16)8-11-2-4-13(18)5-3-11/h2-5,12,14,18H,6-10,16H2,1H3/t12?,14-/m1/s1. The minimum Gasteiger partial charge on any atom is -0.508 e. The summed E-state index contributed by atoms with van der Waals surface area (Å²) in [5.41, 5.74) is 6.96. The van der Waals surface area contributed by atoms with Crippen LogP contribution in [0.4, 0.5) is 0 Å². The fourth-order valence-corrected chi connectivity index (χ4v) is 2.61. The molecule has 2 atom stereocenters. The molecule has 1 amide bonds. The number of likely N-dealkylation sites (tertiary alicyclic amines) is 1. The Bertz CT molecular complexity index is 447. The number of carbonyl (C=O) groups excluding carboxylic acids is 1. The van der Waals surface area contributed by atoms with Crippen molar-refractivity contribution in [1.82, 2.24) is 4.90 Å². The van der Waals surface area contributed by atoms with Crippen molar-refractivity contribution < 1.29 is 14.6 Å². The van der Waals surface area contributed by atoms with Crippen LogP contribution in [0.2, 0.25) is 0 Å². The van der Waals surface area contributed by atoms with Gasteiger partial charge in [-0.2, -0.15) is 0 Å². The van der Waals surface area contributed by atoms with E-state index in [1.165, 1.54) is 0 Å². The molecule has 0 radical (unpaired) electrons. The van der Waals surface area contributed by atoms with E-state index < -0.39 is 6.04 Å². The van der Waals surface area contributed by atoms with Gasteiger partial charge in [-0.1, -0.05) is 12.1 Å². The minimum absolute atomic E-state index is 0.00308. The third kappa shape index (κ3) is 3.71. The van der Waals surface area contributed by atoms with Crippen LogP contribution in [-0.4, -0.2) is 48.8 Å². The zero-order valence-corrected chi connectivity index (χ0v) is 11.8. The zero-order chi connectivity index (χ0) is 14.5. The molecule has 1 heterocycles. The number of hydrogen-bond donors (Lipinski definition) is 2. The van der Waals surface area contributed by atoms with Gasteiger partial charge in [0.2, 0.25) is 5.91 Å². The first-order chi connectivity index (χ1) is 9.60. The van der Waals surface area contributed by atoms with Crippen molar-refractivity contribution in [2.24, 2.45) is 11.7 Å². The summed E-state index contributed by atoms with van der Waals surface area (Å²) in [5, 5.41) is 9.23. The number of rotatable bonds is 5. The van der Waals surface area contributed by atoms with E-state index in [1.54, 1.807) is 31.4 Å². The third-order valence-electron chi connectivity index (χ3n) is 3.71. The van der Waals surface area contributed by atoms with Crippen LogP contribution in [0.15, 0.2) is 24.3 Å². The molecule has 2 rings (SSSR count). The fraction of sp³-hybridized carbons (Fsp3) is 0.533. The Hall–Kier alpha value is -1.59. The highest BCUT2D eigenvalue weighted by Gasteiger charge is 2.29. The highest BCUT2D eigenvalue weighted by molar-refractivity contribution is 5.82. The lowest BCUT2D eigenvalue weighted by Gasteiger charge is -2.21. The fourth-order valence-electron chi connectivity index (χ4n) is 2.61. The van der Waals surface area contributed by atoms with Crippen LogP contribution in [0.3, 0.4) is 0 Å². The first-order valence-corrected chi connectivity index (χ1v) is 6.91. The normalized spacial score (nSPS) is 20.1. The van der Waals surface area contributed by atoms with E-state index >= 15 is 0 Å². The van der Waals surface area contributed by atoms with Gasteiger partial charge in [0.25, 0.3) is 0 Å². The van der Waals surface area contributed by atoms with E-state index in [4.69, 9.17) is 10.5 Å². The maximum absolute atomic E-state index is 12.3. The van der Waals surface area contributed by atoms with Gasteiger partial charge in [-0.05, 0) is 30.5 Å². The van der Waals surface area contributed by atoms with Crippen molar-refractivity contribution in [3.05, 3.63) is 29.8 Å². The van der Waals surface area contributed by atoms with Crippen molar-refractivity contribution in [1.29, 1.82) is 0 Å². The number of aromatic hydroxyl groups is 1. The lowest BCUT2D eigenvalue weighted by molar-refractivity contribution is -0.131. The number of phenols is 1. The Morgan fingerprint density at radius 1 is 1.50 bits per heavy atom. The molecule has 1 unspecified atom stereocenters. The second-order valence-corrected chi connectivity index (χ2v) is 5.37. The Labute approximate surface area is 119 Å². The van der Waals surface area contributed by atoms with Crippen LogP contribution in [0.25, 0.3) is 0 Å². The van der Waals surface area contributed by atoms with Gasteiger partial charge >= 0.3 is 0 Å². The summed E-state index contributed by atoms with van der Waals surface area (Å²) in [5.74, 6) is 0.636. The number of phenolic OH excluding ortho intramolecular Hbond substituents is 1. The maximum Gasteiger partial charge on any atom is 0.239 e. The number of carbonyl (C=O) groups is 1. The second kappa shape index (κ2) is 6.72. The summed E-state index contributed by atoms with van der Waals surface area (Å²) >= 11 is 0. The van der Waals surface area contributed by atoms with Crippen LogP contribution in [0.5, 0.6) is 5.75 Å². The second-order valence-electron chi connectivity index (χ2n) is 5.37. The summed E-state index contributed by atoms with van der Waals surface area (Å²) < 4.78 is 5.13. The zero-order valence-electron chi connectivity index (χ0n) is 11.8. The average molecular weight is 278 g/mol. The number of methoxy groups -OCH3 is 1. The molecule has 0 bridgehead atoms. The lowest BCUT2D eigenvalue weighted by atomic mass is 10.1. The van der Waals surface area contributed by atoms with Gasteiger partial charge in [0.15, 0.2) is 0 Å². The molecule has 1 aromatic carbocycles. The highest BCUT2D eigenvalue weighted by atomic mass is 16.5. The number of hydrogen-bond acceptors (Lipinski definition) is 4. The summed E-state index contributed by atoms with van der Waals surface area (Å²) in [6, 6.07) is 6.27. The summed E-state index contributed by atoms with van der Waals surface area (Å²) in [6.07, 6.45) is 1.47. The van der Waals surface area contributed by atoms with E-state index in [0.29, 0.717) is 18.9 Å². The summed E-state index contributed by atoms with van der Waals surface area (Å²) in [6.45, 7) is 2.18. The first kappa shape index (κ1) is 14.8. The molecular formula is C15H22N2O3. The Morgan fingerprint density at radius 2 is 2.20 bits per heavy atom. The highest BCUT2D eigenvalue weighted by Crippen LogP contribution is 2.18. The summed E-state index contributed by atoms with van der Waals surface area (Å²) in [7, 11) is 1.68. The molecule has 3 N–H and O–H groups in total. The van der Waals surface area contributed by atoms with E-state index in [0.717, 1.165) is 25.1 Å². The molecular weight excluding hydrogens is 256 g/mol. The molecule has 1 aliphatic rings. The van der Waals surface area contributed by atoms with Gasteiger partial charge in [0.05, 0.1) is 12.6 Å². The molecule has 110 valence electrons. The van der Waals surface area contributed by atoms with Crippen LogP contribution in [0, 0.1) is 5.92 Å². The van der Waals surface area contributed by atoms with Crippen molar-refractivity contribution in [2.45, 2.75) is 18.9 Å². The number of ether oxygens (including phenoxy) is 1. The predicted molar refractivity (Wildman–Crippen MR) is 76.3 cm³/mol. The number of amides is 1. The number of nitrogens with zero attached hydrogens (tertiary/aromatic N) is 1. The van der Waals surface area contributed by atoms with Gasteiger partial charge in [-0.25, -0.2) is 0 Å². The molecule has 0 saturated carbocycles. The van der Waals surface area contributed by atoms with Gasteiger partial charge < -0.3 is 20.5 Å². The van der Waals surface area contributed by atoms with Crippen molar-refractivity contribution in [3.8, 4) is 5.75 Å². The number of benzene rings is 1. The molecule has 1 aromatic rings. The van der Waals surface area contributed by atoms with E-state index in [1.807, 2.05) is 4.90 Å². The lowest BCUT2D eigenvalue weighted by Crippen LogP contribution is -2.44. The summed E-state index contributed by atoms with van der Waals surface area (Å²) in [4.78, 5) is 14.1. The van der Waals surface area contributed by atoms with Gasteiger partial charge in [-0.3, -0.25) is 4.79 Å². The third-order valence-corrected chi connectivity index (χ3v) is 3.71. The predicted octanol–water partition coefficient (Wildman–Crippen LogP) is 0.757. The molecule has 20 heavy (non-hydrogen) atoms. The smallest absolute Gasteiger partial charge is 0.239 e. The molecule has 0 spiro atoms. The van der Waals surface area contributed by atoms with E-state index in [-0.39, 0.29) is 11.7 Å². The van der Waals surface area contributed by atoms with Crippen LogP contribution < -0.4 is 5.73 Å². The molecule has 1 saturated heterocycles. The first-order valence-electron chi connectivity index (χ1n) is 6.91. The average Bonchev–Trinajstić information content (AvgIpc) is 2.89. The van der Waals surface area contributed by atoms with Crippen LogP contribution in [-0.2, 0) is 16.0 Å². The molecule has 0 aliphatic carbocycles. The molecule has 1 aliphatic heterocycles. The van der Waals surface area contributed by atoms with E-state index in [9.17, 15) is 9.90 Å². The van der Waals surface area contributed by atoms with Gasteiger partial charge in [0.1, 0.15) is 5.75 Å². The molecule has 5 heteroatoms. The monoisotopic (exact) mass is 278 g/mol. The number of nitrogens with two attached hydrogens (primary N) is 1. The van der Waals surface area contributed by atoms with Crippen LogP contribution in [0.1, 0.15) is 12.0 Å². The van der Waals surface area contributed by atoms with Gasteiger partial charge in [-0.15, -0.1) is 0 Å². The Morgan fingerprint density at radius 3 is 2.85 bits per heavy atom. The molecule has 0 aromatic heterocycles. The van der Waals surface area contributed by atoms with Crippen molar-refractivity contribution in [3.63, 3.8) is 0 Å². The Kier molecular flexibility index (Phi) is 4.98. The Balaban J connectivity index is 1.87. The maximum atomic E-state index is 12.3.